The number of carboxylic acid groups (broad SMARTS) is 1. The zero-order valence-corrected chi connectivity index (χ0v) is 12.2. The molecule has 0 aromatic heterocycles. The van der Waals surface area contributed by atoms with Crippen molar-refractivity contribution in [2.45, 2.75) is 39.7 Å². The van der Waals surface area contributed by atoms with Crippen LogP contribution in [-0.2, 0) is 9.59 Å². The van der Waals surface area contributed by atoms with Crippen LogP contribution in [0.5, 0.6) is 0 Å². The molecule has 0 radical (unpaired) electrons. The molecule has 7 nitrogen and oxygen atoms in total. The Balaban J connectivity index is 2.24. The molecule has 0 heterocycles. The summed E-state index contributed by atoms with van der Waals surface area (Å²) in [5, 5.41) is 16.7. The van der Waals surface area contributed by atoms with Crippen molar-refractivity contribution in [2.75, 3.05) is 13.1 Å². The molecule has 20 heavy (non-hydrogen) atoms. The van der Waals surface area contributed by atoms with Crippen LogP contribution >= 0.6 is 0 Å². The minimum Gasteiger partial charge on any atom is -0.480 e. The van der Waals surface area contributed by atoms with Gasteiger partial charge in [0.05, 0.1) is 0 Å². The Morgan fingerprint density at radius 2 is 1.70 bits per heavy atom. The second kappa shape index (κ2) is 6.58. The van der Waals surface area contributed by atoms with Crippen molar-refractivity contribution in [3.05, 3.63) is 0 Å². The Bertz CT molecular complexity index is 386. The molecular weight excluding hydrogens is 262 g/mol. The van der Waals surface area contributed by atoms with Gasteiger partial charge in [-0.25, -0.2) is 9.59 Å². The summed E-state index contributed by atoms with van der Waals surface area (Å²) in [7, 11) is 0. The van der Waals surface area contributed by atoms with E-state index in [0.29, 0.717) is 6.54 Å². The van der Waals surface area contributed by atoms with Gasteiger partial charge in [-0.2, -0.15) is 0 Å². The van der Waals surface area contributed by atoms with Gasteiger partial charge in [-0.1, -0.05) is 20.8 Å². The largest absolute Gasteiger partial charge is 0.480 e. The summed E-state index contributed by atoms with van der Waals surface area (Å²) in [4.78, 5) is 34.0. The first kappa shape index (κ1) is 16.3. The first-order valence-electron chi connectivity index (χ1n) is 6.76. The molecule has 4 N–H and O–H groups in total. The molecule has 114 valence electrons. The van der Waals surface area contributed by atoms with Crippen LogP contribution in [0.15, 0.2) is 0 Å². The van der Waals surface area contributed by atoms with Gasteiger partial charge in [0.15, 0.2) is 0 Å². The number of hydrogen-bond acceptors (Lipinski definition) is 3. The number of hydrogen-bond donors (Lipinski definition) is 4. The van der Waals surface area contributed by atoms with E-state index in [2.05, 4.69) is 16.0 Å². The number of carbonyl (C=O) groups is 3. The van der Waals surface area contributed by atoms with E-state index in [1.165, 1.54) is 0 Å². The zero-order valence-electron chi connectivity index (χ0n) is 12.2. The monoisotopic (exact) mass is 285 g/mol. The fourth-order valence-electron chi connectivity index (χ4n) is 1.68. The van der Waals surface area contributed by atoms with E-state index in [1.54, 1.807) is 20.8 Å². The maximum atomic E-state index is 11.6. The van der Waals surface area contributed by atoms with E-state index < -0.39 is 23.5 Å². The van der Waals surface area contributed by atoms with Crippen molar-refractivity contribution >= 4 is 17.9 Å². The Kier molecular flexibility index (Phi) is 5.35. The normalized spacial score (nSPS) is 16.1. The molecule has 0 spiro atoms. The Morgan fingerprint density at radius 1 is 1.15 bits per heavy atom. The van der Waals surface area contributed by atoms with Crippen LogP contribution in [-0.4, -0.2) is 42.1 Å². The lowest BCUT2D eigenvalue weighted by molar-refractivity contribution is -0.141. The Labute approximate surface area is 118 Å². The molecule has 1 fully saturated rings. The highest BCUT2D eigenvalue weighted by Gasteiger charge is 2.32. The number of aliphatic carboxylic acids is 1. The van der Waals surface area contributed by atoms with Gasteiger partial charge >= 0.3 is 12.0 Å². The third-order valence-electron chi connectivity index (χ3n) is 3.05. The molecule has 3 amide bonds. The third-order valence-corrected chi connectivity index (χ3v) is 3.05. The quantitative estimate of drug-likeness (QED) is 0.527. The van der Waals surface area contributed by atoms with Crippen LogP contribution in [0.4, 0.5) is 4.79 Å². The highest BCUT2D eigenvalue weighted by molar-refractivity contribution is 5.83. The number of rotatable bonds is 6. The maximum absolute atomic E-state index is 11.6. The van der Waals surface area contributed by atoms with Crippen LogP contribution in [0.25, 0.3) is 0 Å². The van der Waals surface area contributed by atoms with Gasteiger partial charge in [0, 0.05) is 19.0 Å². The molecule has 0 saturated heterocycles. The van der Waals surface area contributed by atoms with E-state index in [-0.39, 0.29) is 18.4 Å². The average molecular weight is 285 g/mol. The summed E-state index contributed by atoms with van der Waals surface area (Å²) in [5.41, 5.74) is -0.580. The van der Waals surface area contributed by atoms with Crippen LogP contribution < -0.4 is 16.0 Å². The van der Waals surface area contributed by atoms with Crippen LogP contribution in [0.2, 0.25) is 0 Å². The van der Waals surface area contributed by atoms with Gasteiger partial charge in [-0.05, 0) is 18.3 Å². The van der Waals surface area contributed by atoms with E-state index in [4.69, 9.17) is 5.11 Å². The molecule has 7 heteroatoms. The molecule has 1 rings (SSSR count). The molecule has 1 saturated carbocycles. The van der Waals surface area contributed by atoms with Gasteiger partial charge in [-0.15, -0.1) is 0 Å². The van der Waals surface area contributed by atoms with Gasteiger partial charge in [0.2, 0.25) is 5.91 Å². The van der Waals surface area contributed by atoms with E-state index >= 15 is 0 Å². The highest BCUT2D eigenvalue weighted by atomic mass is 16.4. The summed E-state index contributed by atoms with van der Waals surface area (Å²) >= 11 is 0. The molecule has 1 aliphatic rings. The molecule has 0 aromatic rings. The summed E-state index contributed by atoms with van der Waals surface area (Å²) < 4.78 is 0. The molecule has 1 atom stereocenters. The lowest BCUT2D eigenvalue weighted by Gasteiger charge is -2.27. The molecule has 0 bridgehead atoms. The predicted octanol–water partition coefficient (Wildman–Crippen LogP) is 0.311. The predicted molar refractivity (Wildman–Crippen MR) is 73.1 cm³/mol. The fraction of sp³-hybridized carbons (Fsp3) is 0.769. The number of carboxylic acids is 1. The van der Waals surface area contributed by atoms with Crippen molar-refractivity contribution in [1.82, 2.24) is 16.0 Å². The Hall–Kier alpha value is -1.79. The second-order valence-corrected chi connectivity index (χ2v) is 6.10. The summed E-state index contributed by atoms with van der Waals surface area (Å²) in [6, 6.07) is -1.52. The van der Waals surface area contributed by atoms with Gasteiger partial charge in [0.1, 0.15) is 6.04 Å². The van der Waals surface area contributed by atoms with Gasteiger partial charge in [0.25, 0.3) is 0 Å². The smallest absolute Gasteiger partial charge is 0.326 e. The number of urea groups is 1. The Morgan fingerprint density at radius 3 is 2.15 bits per heavy atom. The summed E-state index contributed by atoms with van der Waals surface area (Å²) in [6.45, 7) is 5.82. The van der Waals surface area contributed by atoms with Crippen LogP contribution in [0.1, 0.15) is 33.6 Å². The van der Waals surface area contributed by atoms with Gasteiger partial charge < -0.3 is 21.1 Å². The lowest BCUT2D eigenvalue weighted by atomic mass is 9.87. The van der Waals surface area contributed by atoms with Crippen molar-refractivity contribution in [3.63, 3.8) is 0 Å². The number of amides is 3. The van der Waals surface area contributed by atoms with E-state index in [9.17, 15) is 14.4 Å². The van der Waals surface area contributed by atoms with E-state index in [0.717, 1.165) is 12.8 Å². The molecule has 0 aliphatic heterocycles. The molecule has 1 aliphatic carbocycles. The van der Waals surface area contributed by atoms with Gasteiger partial charge in [-0.3, -0.25) is 4.79 Å². The first-order chi connectivity index (χ1) is 9.21. The first-order valence-corrected chi connectivity index (χ1v) is 6.76. The van der Waals surface area contributed by atoms with Crippen molar-refractivity contribution < 1.29 is 19.5 Å². The second-order valence-electron chi connectivity index (χ2n) is 6.10. The standard InChI is InChI=1S/C13H23N3O4/c1-13(2,3)9(11(18)19)16-12(20)15-7-6-14-10(17)8-4-5-8/h8-9H,4-7H2,1-3H3,(H,14,17)(H,18,19)(H2,15,16,20). The topological polar surface area (TPSA) is 108 Å². The highest BCUT2D eigenvalue weighted by Crippen LogP contribution is 2.28. The van der Waals surface area contributed by atoms with Crippen molar-refractivity contribution in [3.8, 4) is 0 Å². The molecule has 1 unspecified atom stereocenters. The lowest BCUT2D eigenvalue weighted by Crippen LogP contribution is -2.53. The average Bonchev–Trinajstić information content (AvgIpc) is 3.13. The minimum atomic E-state index is -1.07. The number of carbonyl (C=O) groups excluding carboxylic acids is 2. The summed E-state index contributed by atoms with van der Waals surface area (Å²) in [5.74, 6) is -0.916. The number of nitrogens with one attached hydrogen (secondary N) is 3. The maximum Gasteiger partial charge on any atom is 0.326 e. The SMILES string of the molecule is CC(C)(C)C(NC(=O)NCCNC(=O)C1CC1)C(=O)O. The van der Waals surface area contributed by atoms with E-state index in [1.807, 2.05) is 0 Å². The molecule has 0 aromatic carbocycles. The minimum absolute atomic E-state index is 0.0188. The van der Waals surface area contributed by atoms with Crippen LogP contribution in [0, 0.1) is 11.3 Å². The summed E-state index contributed by atoms with van der Waals surface area (Å²) in [6.07, 6.45) is 1.87. The van der Waals surface area contributed by atoms with Crippen LogP contribution in [0.3, 0.4) is 0 Å². The third kappa shape index (κ3) is 5.46. The zero-order chi connectivity index (χ0) is 15.3. The fourth-order valence-corrected chi connectivity index (χ4v) is 1.68. The van der Waals surface area contributed by atoms with Crippen molar-refractivity contribution in [2.24, 2.45) is 11.3 Å². The van der Waals surface area contributed by atoms with Crippen molar-refractivity contribution in [1.29, 1.82) is 0 Å². The molecular formula is C13H23N3O4.